The molecule has 0 spiro atoms. The van der Waals surface area contributed by atoms with Gasteiger partial charge in [-0.3, -0.25) is 14.4 Å². The van der Waals surface area contributed by atoms with Gasteiger partial charge < -0.3 is 43.1 Å². The van der Waals surface area contributed by atoms with Gasteiger partial charge in [-0.15, -0.1) is 0 Å². The summed E-state index contributed by atoms with van der Waals surface area (Å²) in [6.07, 6.45) is 1.80. The molecule has 7 aliphatic rings. The highest BCUT2D eigenvalue weighted by atomic mass is 16.8. The third-order valence-corrected chi connectivity index (χ3v) is 12.9. The maximum absolute atomic E-state index is 13.6. The van der Waals surface area contributed by atoms with Crippen LogP contribution in [0, 0.1) is 34.5 Å². The van der Waals surface area contributed by atoms with Crippen molar-refractivity contribution >= 4 is 30.2 Å². The second kappa shape index (κ2) is 11.6. The molecule has 4 saturated carbocycles. The molecule has 48 heavy (non-hydrogen) atoms. The maximum Gasteiger partial charge on any atom is 0.331 e. The molecule has 0 aromatic carbocycles. The first-order valence-corrected chi connectivity index (χ1v) is 17.2. The van der Waals surface area contributed by atoms with Gasteiger partial charge in [-0.1, -0.05) is 6.92 Å². The molecule has 2 saturated heterocycles. The summed E-state index contributed by atoms with van der Waals surface area (Å²) in [6.45, 7) is 7.92. The minimum Gasteiger partial charge on any atom is -0.462 e. The summed E-state index contributed by atoms with van der Waals surface area (Å²) in [4.78, 5) is 63.2. The highest BCUT2D eigenvalue weighted by Gasteiger charge is 2.75. The fraction of sp³-hybridized carbons (Fsp3) is 0.800. The van der Waals surface area contributed by atoms with E-state index in [1.165, 1.54) is 26.8 Å². The molecule has 3 aliphatic heterocycles. The predicted molar refractivity (Wildman–Crippen MR) is 161 cm³/mol. The molecule has 7 rings (SSSR count). The molecule has 1 N–H and O–H groups in total. The van der Waals surface area contributed by atoms with E-state index in [0.717, 1.165) is 6.29 Å². The van der Waals surface area contributed by atoms with Crippen LogP contribution in [0.5, 0.6) is 0 Å². The van der Waals surface area contributed by atoms with Gasteiger partial charge in [0.2, 0.25) is 6.29 Å². The summed E-state index contributed by atoms with van der Waals surface area (Å²) in [5, 5.41) is 11.8. The first-order valence-electron chi connectivity index (χ1n) is 17.2. The van der Waals surface area contributed by atoms with E-state index >= 15 is 0 Å². The summed E-state index contributed by atoms with van der Waals surface area (Å²) < 4.78 is 42.0. The van der Waals surface area contributed by atoms with Gasteiger partial charge in [0.05, 0.1) is 18.3 Å². The Morgan fingerprint density at radius 3 is 2.35 bits per heavy atom. The lowest BCUT2D eigenvalue weighted by molar-refractivity contribution is -0.457. The van der Waals surface area contributed by atoms with Crippen LogP contribution < -0.4 is 0 Å². The van der Waals surface area contributed by atoms with E-state index in [1.807, 2.05) is 13.8 Å². The lowest BCUT2D eigenvalue weighted by atomic mass is 9.42. The molecule has 13 nitrogen and oxygen atoms in total. The minimum atomic E-state index is -2.06. The molecule has 0 unspecified atom stereocenters. The smallest absolute Gasteiger partial charge is 0.331 e. The summed E-state index contributed by atoms with van der Waals surface area (Å²) in [6, 6.07) is 0. The molecular weight excluding hydrogens is 628 g/mol. The average molecular weight is 675 g/mol. The summed E-state index contributed by atoms with van der Waals surface area (Å²) in [5.74, 6) is -5.02. The molecule has 264 valence electrons. The Morgan fingerprint density at radius 2 is 1.71 bits per heavy atom. The number of hydrogen-bond donors (Lipinski definition) is 1. The molecule has 13 heteroatoms. The molecule has 3 heterocycles. The Hall–Kier alpha value is -2.87. The number of aldehydes is 1. The SMILES string of the molecule is CC(=O)O[C@H]1C[C@@H](C)O[C@H]2O[C@@H]3C[C@@H]4CC[C@@H]5[C@H](CC[C@]6(C)[C@@H](C7=CC(=O)OC7)[C@H](OC(C)=O)C[C@]56OC(C)=O)[C@@]4(C=O)C[C@H]3O[C@]21O. The number of carbonyl (C=O) groups is 5. The molecule has 6 fully saturated rings. The Balaban J connectivity index is 1.25. The van der Waals surface area contributed by atoms with Crippen LogP contribution in [-0.4, -0.2) is 90.1 Å². The van der Waals surface area contributed by atoms with Crippen molar-refractivity contribution in [2.45, 2.75) is 134 Å². The van der Waals surface area contributed by atoms with Gasteiger partial charge in [-0.2, -0.15) is 0 Å². The third kappa shape index (κ3) is 4.89. The van der Waals surface area contributed by atoms with E-state index in [0.29, 0.717) is 37.7 Å². The van der Waals surface area contributed by atoms with Gasteiger partial charge in [-0.25, -0.2) is 4.79 Å². The van der Waals surface area contributed by atoms with Gasteiger partial charge >= 0.3 is 23.9 Å². The van der Waals surface area contributed by atoms with E-state index in [1.54, 1.807) is 0 Å². The molecular formula is C35H46O13. The van der Waals surface area contributed by atoms with Crippen molar-refractivity contribution in [3.63, 3.8) is 0 Å². The highest BCUT2D eigenvalue weighted by Crippen LogP contribution is 2.71. The Labute approximate surface area is 279 Å². The van der Waals surface area contributed by atoms with E-state index < -0.39 is 82.7 Å². The van der Waals surface area contributed by atoms with Crippen molar-refractivity contribution in [2.24, 2.45) is 34.5 Å². The number of rotatable bonds is 5. The van der Waals surface area contributed by atoms with Crippen LogP contribution in [0.25, 0.3) is 0 Å². The van der Waals surface area contributed by atoms with E-state index in [2.05, 4.69) is 0 Å². The van der Waals surface area contributed by atoms with Gasteiger partial charge in [0.15, 0.2) is 6.10 Å². The van der Waals surface area contributed by atoms with E-state index in [4.69, 9.17) is 33.2 Å². The van der Waals surface area contributed by atoms with Crippen LogP contribution in [0.15, 0.2) is 11.6 Å². The fourth-order valence-corrected chi connectivity index (χ4v) is 11.3. The summed E-state index contributed by atoms with van der Waals surface area (Å²) >= 11 is 0. The molecule has 14 atom stereocenters. The van der Waals surface area contributed by atoms with Crippen LogP contribution in [0.4, 0.5) is 0 Å². The second-order valence-electron chi connectivity index (χ2n) is 15.4. The average Bonchev–Trinajstić information content (AvgIpc) is 3.51. The molecule has 0 amide bonds. The normalized spacial score (nSPS) is 49.0. The number of aliphatic hydroxyl groups is 1. The number of carbonyl (C=O) groups excluding carboxylic acids is 5. The lowest BCUT2D eigenvalue weighted by Gasteiger charge is -2.65. The van der Waals surface area contributed by atoms with Crippen molar-refractivity contribution in [1.29, 1.82) is 0 Å². The zero-order chi connectivity index (χ0) is 34.4. The van der Waals surface area contributed by atoms with Gasteiger partial charge in [0, 0.05) is 62.4 Å². The molecule has 0 aromatic rings. The number of esters is 4. The summed E-state index contributed by atoms with van der Waals surface area (Å²) in [7, 11) is 0. The Bertz CT molecular complexity index is 1430. The van der Waals surface area contributed by atoms with Gasteiger partial charge in [-0.05, 0) is 62.9 Å². The first kappa shape index (κ1) is 33.6. The van der Waals surface area contributed by atoms with Crippen LogP contribution in [0.3, 0.4) is 0 Å². The zero-order valence-corrected chi connectivity index (χ0v) is 28.1. The maximum atomic E-state index is 13.6. The largest absolute Gasteiger partial charge is 0.462 e. The highest BCUT2D eigenvalue weighted by molar-refractivity contribution is 5.85. The minimum absolute atomic E-state index is 0.0682. The van der Waals surface area contributed by atoms with Gasteiger partial charge in [0.1, 0.15) is 24.6 Å². The Kier molecular flexibility index (Phi) is 8.12. The Morgan fingerprint density at radius 1 is 0.958 bits per heavy atom. The van der Waals surface area contributed by atoms with Crippen molar-refractivity contribution in [3.05, 3.63) is 11.6 Å². The van der Waals surface area contributed by atoms with Crippen LogP contribution in [0.1, 0.15) is 86.0 Å². The number of cyclic esters (lactones) is 1. The topological polar surface area (TPSA) is 170 Å². The number of fused-ring (bicyclic) bond motifs is 7. The number of hydrogen-bond acceptors (Lipinski definition) is 13. The monoisotopic (exact) mass is 674 g/mol. The first-order chi connectivity index (χ1) is 22.7. The quantitative estimate of drug-likeness (QED) is 0.196. The summed E-state index contributed by atoms with van der Waals surface area (Å²) in [5.41, 5.74) is -2.01. The van der Waals surface area contributed by atoms with Crippen molar-refractivity contribution in [1.82, 2.24) is 0 Å². The van der Waals surface area contributed by atoms with Gasteiger partial charge in [0.25, 0.3) is 5.79 Å². The fourth-order valence-electron chi connectivity index (χ4n) is 11.3. The van der Waals surface area contributed by atoms with Crippen LogP contribution >= 0.6 is 0 Å². The molecule has 0 bridgehead atoms. The molecule has 0 radical (unpaired) electrons. The molecule has 4 aliphatic carbocycles. The van der Waals surface area contributed by atoms with Crippen LogP contribution in [0.2, 0.25) is 0 Å². The zero-order valence-electron chi connectivity index (χ0n) is 28.1. The molecule has 0 aromatic heterocycles. The third-order valence-electron chi connectivity index (χ3n) is 12.9. The van der Waals surface area contributed by atoms with E-state index in [9.17, 15) is 29.1 Å². The predicted octanol–water partition coefficient (Wildman–Crippen LogP) is 2.68. The second-order valence-corrected chi connectivity index (χ2v) is 15.4. The van der Waals surface area contributed by atoms with Crippen LogP contribution in [-0.2, 0) is 57.1 Å². The van der Waals surface area contributed by atoms with Crippen molar-refractivity contribution in [3.8, 4) is 0 Å². The van der Waals surface area contributed by atoms with E-state index in [-0.39, 0.29) is 49.7 Å². The lowest BCUT2D eigenvalue weighted by Crippen LogP contribution is -2.71. The van der Waals surface area contributed by atoms with Crippen molar-refractivity contribution in [2.75, 3.05) is 6.61 Å². The number of ether oxygens (including phenoxy) is 7. The van der Waals surface area contributed by atoms with Crippen molar-refractivity contribution < 1.29 is 62.2 Å². The standard InChI is InChI=1S/C35H46O13/c1-17-10-28(45-19(3)38)35(41)31(43-17)46-25-12-22-6-7-24-23(33(22,16-36)13-26(25)48-35)8-9-32(5)30(21-11-29(40)42-15-21)27(44-18(2)37)14-34(24,32)47-20(4)39/h11,16-17,22-28,30-31,41H,6-10,12-15H2,1-5H3/t17-,22+,23+,24-,25-,26-,27-,28+,30+,31+,32-,33-,34+,35+/m1/s1.